The summed E-state index contributed by atoms with van der Waals surface area (Å²) in [5.74, 6) is -9.44. The van der Waals surface area contributed by atoms with Crippen LogP contribution in [0.4, 0.5) is 26.3 Å². The predicted molar refractivity (Wildman–Crippen MR) is 77.8 cm³/mol. The average molecular weight is 382 g/mol. The van der Waals surface area contributed by atoms with Crippen molar-refractivity contribution in [1.29, 1.82) is 0 Å². The molecule has 1 aromatic rings. The minimum atomic E-state index is -1.96. The molecule has 144 valence electrons. The first-order valence-corrected chi connectivity index (χ1v) is 7.56. The highest BCUT2D eigenvalue weighted by atomic mass is 19.3. The lowest BCUT2D eigenvalue weighted by Gasteiger charge is -2.12. The number of esters is 1. The largest absolute Gasteiger partial charge is 0.460 e. The van der Waals surface area contributed by atoms with Crippen LogP contribution in [0.3, 0.4) is 0 Å². The maximum atomic E-state index is 14.0. The van der Waals surface area contributed by atoms with Crippen molar-refractivity contribution in [2.24, 2.45) is 17.3 Å². The number of benzene rings is 1. The number of rotatable bonds is 6. The molecule has 0 heterocycles. The zero-order valence-corrected chi connectivity index (χ0v) is 14.1. The van der Waals surface area contributed by atoms with Crippen LogP contribution in [0.15, 0.2) is 12.2 Å². The van der Waals surface area contributed by atoms with E-state index in [1.165, 1.54) is 0 Å². The zero-order valence-electron chi connectivity index (χ0n) is 14.1. The predicted octanol–water partition coefficient (Wildman–Crippen LogP) is 4.49. The first-order chi connectivity index (χ1) is 12.0. The van der Waals surface area contributed by atoms with Crippen LogP contribution in [0.5, 0.6) is 0 Å². The van der Waals surface area contributed by atoms with Gasteiger partial charge in [0.15, 0.2) is 23.3 Å². The van der Waals surface area contributed by atoms with Crippen LogP contribution >= 0.6 is 0 Å². The first-order valence-electron chi connectivity index (χ1n) is 7.56. The first kappa shape index (κ1) is 20.3. The van der Waals surface area contributed by atoms with E-state index in [1.54, 1.807) is 13.8 Å². The number of allylic oxidation sites excluding steroid dienone is 1. The van der Waals surface area contributed by atoms with E-state index in [1.807, 2.05) is 0 Å². The fourth-order valence-corrected chi connectivity index (χ4v) is 2.93. The van der Waals surface area contributed by atoms with E-state index in [0.29, 0.717) is 6.08 Å². The second-order valence-electron chi connectivity index (χ2n) is 6.53. The Bertz CT molecular complexity index is 726. The van der Waals surface area contributed by atoms with E-state index in [0.717, 1.165) is 7.11 Å². The Morgan fingerprint density at radius 1 is 1.00 bits per heavy atom. The third-order valence-electron chi connectivity index (χ3n) is 4.56. The quantitative estimate of drug-likeness (QED) is 0.413. The molecule has 0 aliphatic heterocycles. The summed E-state index contributed by atoms with van der Waals surface area (Å²) in [5.41, 5.74) is -2.85. The summed E-state index contributed by atoms with van der Waals surface area (Å²) in [7, 11) is 1.09. The van der Waals surface area contributed by atoms with Gasteiger partial charge >= 0.3 is 5.97 Å². The molecule has 0 spiro atoms. The third kappa shape index (κ3) is 3.58. The van der Waals surface area contributed by atoms with Gasteiger partial charge in [-0.2, -0.15) is 8.78 Å². The maximum absolute atomic E-state index is 14.0. The van der Waals surface area contributed by atoms with Crippen molar-refractivity contribution in [2.45, 2.75) is 27.1 Å². The Hall–Kier alpha value is -2.03. The van der Waals surface area contributed by atoms with Crippen LogP contribution in [-0.2, 0) is 27.5 Å². The second-order valence-corrected chi connectivity index (χ2v) is 6.53. The summed E-state index contributed by atoms with van der Waals surface area (Å²) < 4.78 is 89.5. The molecule has 1 aliphatic rings. The molecule has 26 heavy (non-hydrogen) atoms. The Labute approximate surface area is 145 Å². The third-order valence-corrected chi connectivity index (χ3v) is 4.56. The van der Waals surface area contributed by atoms with Crippen LogP contribution in [0.1, 0.15) is 25.0 Å². The normalized spacial score (nSPS) is 20.7. The fraction of sp³-hybridized carbons (Fsp3) is 0.471. The van der Waals surface area contributed by atoms with E-state index in [9.17, 15) is 31.1 Å². The summed E-state index contributed by atoms with van der Waals surface area (Å²) in [5, 5.41) is 0. The van der Waals surface area contributed by atoms with Crippen LogP contribution < -0.4 is 0 Å². The molecule has 1 aromatic carbocycles. The van der Waals surface area contributed by atoms with Gasteiger partial charge in [-0.1, -0.05) is 13.8 Å². The molecule has 0 aromatic heterocycles. The number of ether oxygens (including phenoxy) is 2. The summed E-state index contributed by atoms with van der Waals surface area (Å²) in [6.45, 7) is 1.33. The second kappa shape index (κ2) is 7.30. The number of hydrogen-bond donors (Lipinski definition) is 0. The Morgan fingerprint density at radius 2 is 1.46 bits per heavy atom. The SMILES string of the molecule is COCc1c(F)c(F)c(COC(=O)C2C(C=C(F)F)C2(C)C)c(F)c1F. The van der Waals surface area contributed by atoms with Crippen LogP contribution in [0, 0.1) is 40.5 Å². The molecule has 2 unspecified atom stereocenters. The highest BCUT2D eigenvalue weighted by molar-refractivity contribution is 5.78. The molecule has 0 bridgehead atoms. The minimum Gasteiger partial charge on any atom is -0.460 e. The minimum absolute atomic E-state index is 0.603. The fourth-order valence-electron chi connectivity index (χ4n) is 2.93. The Kier molecular flexibility index (Phi) is 5.70. The Balaban J connectivity index is 2.18. The lowest BCUT2D eigenvalue weighted by molar-refractivity contribution is -0.147. The van der Waals surface area contributed by atoms with E-state index in [-0.39, 0.29) is 0 Å². The summed E-state index contributed by atoms with van der Waals surface area (Å²) in [6.07, 6.45) is -1.36. The molecule has 1 fully saturated rings. The van der Waals surface area contributed by atoms with Gasteiger partial charge in [0.2, 0.25) is 0 Å². The molecular formula is C17H16F6O3. The van der Waals surface area contributed by atoms with Crippen LogP contribution in [0.25, 0.3) is 0 Å². The van der Waals surface area contributed by atoms with Gasteiger partial charge in [0.25, 0.3) is 6.08 Å². The van der Waals surface area contributed by atoms with Gasteiger partial charge in [-0.25, -0.2) is 17.6 Å². The highest BCUT2D eigenvalue weighted by Crippen LogP contribution is 2.60. The Morgan fingerprint density at radius 3 is 1.88 bits per heavy atom. The monoisotopic (exact) mass is 382 g/mol. The average Bonchev–Trinajstić information content (AvgIpc) is 3.09. The molecule has 0 saturated heterocycles. The molecule has 3 nitrogen and oxygen atoms in total. The van der Waals surface area contributed by atoms with Crippen molar-refractivity contribution < 1.29 is 40.6 Å². The number of halogens is 6. The molecule has 0 amide bonds. The number of carbonyl (C=O) groups excluding carboxylic acids is 1. The molecule has 9 heteroatoms. The van der Waals surface area contributed by atoms with Gasteiger partial charge in [0.05, 0.1) is 23.7 Å². The topological polar surface area (TPSA) is 35.5 Å². The summed E-state index contributed by atoms with van der Waals surface area (Å²) >= 11 is 0. The van der Waals surface area contributed by atoms with Crippen molar-refractivity contribution >= 4 is 5.97 Å². The summed E-state index contributed by atoms with van der Waals surface area (Å²) in [4.78, 5) is 12.0. The lowest BCUT2D eigenvalue weighted by Crippen LogP contribution is -2.15. The van der Waals surface area contributed by atoms with E-state index < -0.39 is 76.9 Å². The van der Waals surface area contributed by atoms with Gasteiger partial charge in [-0.3, -0.25) is 4.79 Å². The smallest absolute Gasteiger partial charge is 0.310 e. The van der Waals surface area contributed by atoms with Gasteiger partial charge in [0.1, 0.15) is 6.61 Å². The molecule has 1 aliphatic carbocycles. The van der Waals surface area contributed by atoms with Crippen LogP contribution in [0.2, 0.25) is 0 Å². The van der Waals surface area contributed by atoms with Crippen LogP contribution in [-0.4, -0.2) is 13.1 Å². The zero-order chi connectivity index (χ0) is 19.8. The van der Waals surface area contributed by atoms with Crippen molar-refractivity contribution in [1.82, 2.24) is 0 Å². The van der Waals surface area contributed by atoms with Gasteiger partial charge in [-0.05, 0) is 11.5 Å². The molecule has 1 saturated carbocycles. The van der Waals surface area contributed by atoms with Gasteiger partial charge < -0.3 is 9.47 Å². The van der Waals surface area contributed by atoms with Gasteiger partial charge in [-0.15, -0.1) is 0 Å². The van der Waals surface area contributed by atoms with E-state index in [2.05, 4.69) is 4.74 Å². The number of carbonyl (C=O) groups is 1. The molecule has 2 atom stereocenters. The highest BCUT2D eigenvalue weighted by Gasteiger charge is 2.62. The maximum Gasteiger partial charge on any atom is 0.310 e. The van der Waals surface area contributed by atoms with Crippen molar-refractivity contribution in [3.8, 4) is 0 Å². The number of methoxy groups -OCH3 is 1. The van der Waals surface area contributed by atoms with E-state index >= 15 is 0 Å². The van der Waals surface area contributed by atoms with Crippen molar-refractivity contribution in [3.05, 3.63) is 46.6 Å². The number of hydrogen-bond acceptors (Lipinski definition) is 3. The molecule has 0 radical (unpaired) electrons. The molecular weight excluding hydrogens is 366 g/mol. The standard InChI is InChI=1S/C17H16F6O3/c1-17(2)9(4-10(18)19)11(17)16(24)26-6-8-14(22)12(20)7(5-25-3)13(21)15(8)23/h4,9,11H,5-6H2,1-3H3. The van der Waals surface area contributed by atoms with Crippen molar-refractivity contribution in [2.75, 3.05) is 7.11 Å². The van der Waals surface area contributed by atoms with Gasteiger partial charge in [0, 0.05) is 13.0 Å². The molecule has 2 rings (SSSR count). The molecule has 0 N–H and O–H groups in total. The summed E-state index contributed by atoms with van der Waals surface area (Å²) in [6, 6.07) is 0. The lowest BCUT2D eigenvalue weighted by atomic mass is 10.1. The van der Waals surface area contributed by atoms with Crippen molar-refractivity contribution in [3.63, 3.8) is 0 Å². The van der Waals surface area contributed by atoms with E-state index in [4.69, 9.17) is 4.74 Å².